The highest BCUT2D eigenvalue weighted by atomic mass is 32.1. The Morgan fingerprint density at radius 2 is 0.836 bits per heavy atom. The van der Waals surface area contributed by atoms with Crippen molar-refractivity contribution in [2.45, 2.75) is 57.8 Å². The van der Waals surface area contributed by atoms with Crippen LogP contribution in [0.3, 0.4) is 0 Å². The van der Waals surface area contributed by atoms with E-state index in [4.69, 9.17) is 0 Å². The third-order valence-electron chi connectivity index (χ3n) is 12.3. The topological polar surface area (TPSA) is 0 Å². The lowest BCUT2D eigenvalue weighted by Crippen LogP contribution is -1.94. The SMILES string of the molecule is SCCCCCCCCCCc1c2ccccc2cc2ccc(-c3c4ccccc4c(-c4ccc5c6c(cccc46)-c4ccccc4-5)c4ccccc34)cc12. The number of hydrogen-bond donors (Lipinski definition) is 1. The summed E-state index contributed by atoms with van der Waals surface area (Å²) in [7, 11) is 0. The lowest BCUT2D eigenvalue weighted by Gasteiger charge is -2.20. The monoisotopic (exact) mass is 726 g/mol. The Morgan fingerprint density at radius 1 is 0.327 bits per heavy atom. The Hall–Kier alpha value is -5.37. The molecule has 10 rings (SSSR count). The van der Waals surface area contributed by atoms with Crippen molar-refractivity contribution in [3.63, 3.8) is 0 Å². The van der Waals surface area contributed by atoms with Crippen molar-refractivity contribution in [3.8, 4) is 44.5 Å². The molecule has 1 aliphatic rings. The van der Waals surface area contributed by atoms with E-state index < -0.39 is 0 Å². The molecule has 0 aliphatic heterocycles. The Kier molecular flexibility index (Phi) is 9.13. The minimum Gasteiger partial charge on any atom is -0.179 e. The molecule has 9 aromatic carbocycles. The number of rotatable bonds is 12. The summed E-state index contributed by atoms with van der Waals surface area (Å²) in [5, 5.41) is 13.4. The maximum absolute atomic E-state index is 4.38. The first kappa shape index (κ1) is 34.1. The van der Waals surface area contributed by atoms with Gasteiger partial charge in [-0.3, -0.25) is 0 Å². The molecule has 0 atom stereocenters. The summed E-state index contributed by atoms with van der Waals surface area (Å²) in [6, 6.07) is 57.4. The largest absolute Gasteiger partial charge is 0.179 e. The first-order valence-electron chi connectivity index (χ1n) is 20.4. The second-order valence-corrected chi connectivity index (χ2v) is 16.0. The van der Waals surface area contributed by atoms with Crippen LogP contribution in [0.4, 0.5) is 0 Å². The molecule has 0 aromatic heterocycles. The highest BCUT2D eigenvalue weighted by Crippen LogP contribution is 2.52. The number of hydrogen-bond acceptors (Lipinski definition) is 1. The molecule has 0 radical (unpaired) electrons. The van der Waals surface area contributed by atoms with Gasteiger partial charge in [-0.05, 0) is 141 Å². The molecule has 0 N–H and O–H groups in total. The average Bonchev–Trinajstić information content (AvgIpc) is 3.56. The van der Waals surface area contributed by atoms with Crippen LogP contribution in [0.5, 0.6) is 0 Å². The van der Waals surface area contributed by atoms with Gasteiger partial charge in [0.1, 0.15) is 0 Å². The van der Waals surface area contributed by atoms with Gasteiger partial charge >= 0.3 is 0 Å². The van der Waals surface area contributed by atoms with Crippen LogP contribution in [0, 0.1) is 0 Å². The second-order valence-electron chi connectivity index (χ2n) is 15.6. The summed E-state index contributed by atoms with van der Waals surface area (Å²) in [6.45, 7) is 0. The molecule has 0 spiro atoms. The quantitative estimate of drug-likeness (QED) is 0.0723. The summed E-state index contributed by atoms with van der Waals surface area (Å²) in [5.74, 6) is 1.01. The molecular formula is C54H46S. The highest BCUT2D eigenvalue weighted by Gasteiger charge is 2.24. The van der Waals surface area contributed by atoms with Crippen molar-refractivity contribution in [3.05, 3.63) is 157 Å². The lowest BCUT2D eigenvalue weighted by molar-refractivity contribution is 0.577. The van der Waals surface area contributed by atoms with Gasteiger partial charge in [-0.2, -0.15) is 12.6 Å². The van der Waals surface area contributed by atoms with Gasteiger partial charge in [-0.1, -0.05) is 178 Å². The van der Waals surface area contributed by atoms with Crippen molar-refractivity contribution in [2.75, 3.05) is 5.75 Å². The molecule has 0 saturated heterocycles. The predicted molar refractivity (Wildman–Crippen MR) is 244 cm³/mol. The molecule has 268 valence electrons. The molecule has 0 saturated carbocycles. The van der Waals surface area contributed by atoms with E-state index in [1.807, 2.05) is 0 Å². The van der Waals surface area contributed by atoms with Crippen LogP contribution >= 0.6 is 12.6 Å². The van der Waals surface area contributed by atoms with E-state index in [0.717, 1.165) is 12.2 Å². The van der Waals surface area contributed by atoms with E-state index in [-0.39, 0.29) is 0 Å². The standard InChI is InChI=1S/C54H46S/c55-33-16-6-4-2-1-3-5-7-20-40-39-19-9-8-18-36(39)34-37-29-30-38(35-51(37)40)52-44-23-12-14-25-46(44)54(47-26-15-13-24-45(47)52)50-32-31-49-42-22-11-10-21-41(42)43-27-17-28-48(50)53(43)49/h8-15,17-19,21-32,34-35,55H,1-7,16,20,33H2. The van der Waals surface area contributed by atoms with Crippen molar-refractivity contribution in [1.82, 2.24) is 0 Å². The van der Waals surface area contributed by atoms with Crippen LogP contribution in [0.1, 0.15) is 56.9 Å². The van der Waals surface area contributed by atoms with E-state index >= 15 is 0 Å². The normalized spacial score (nSPS) is 12.1. The minimum atomic E-state index is 1.01. The van der Waals surface area contributed by atoms with E-state index in [1.165, 1.54) is 155 Å². The molecule has 0 bridgehead atoms. The van der Waals surface area contributed by atoms with Crippen LogP contribution in [-0.2, 0) is 6.42 Å². The lowest BCUT2D eigenvalue weighted by atomic mass is 9.83. The zero-order chi connectivity index (χ0) is 36.7. The molecule has 0 nitrogen and oxygen atoms in total. The number of unbranched alkanes of at least 4 members (excludes halogenated alkanes) is 7. The summed E-state index contributed by atoms with van der Waals surface area (Å²) in [4.78, 5) is 0. The van der Waals surface area contributed by atoms with Gasteiger partial charge in [-0.25, -0.2) is 0 Å². The van der Waals surface area contributed by atoms with Crippen LogP contribution in [0.15, 0.2) is 152 Å². The number of benzene rings is 9. The predicted octanol–water partition coefficient (Wildman–Crippen LogP) is 16.0. The minimum absolute atomic E-state index is 1.01. The molecule has 9 aromatic rings. The Labute approximate surface area is 330 Å². The third kappa shape index (κ3) is 5.92. The van der Waals surface area contributed by atoms with Crippen LogP contribution < -0.4 is 0 Å². The van der Waals surface area contributed by atoms with Gasteiger partial charge in [-0.15, -0.1) is 0 Å². The number of aryl methyl sites for hydroxylation is 1. The molecule has 0 fully saturated rings. The van der Waals surface area contributed by atoms with Crippen LogP contribution in [0.2, 0.25) is 0 Å². The summed E-state index contributed by atoms with van der Waals surface area (Å²) < 4.78 is 0. The van der Waals surface area contributed by atoms with Gasteiger partial charge in [0, 0.05) is 0 Å². The molecule has 0 amide bonds. The number of thiol groups is 1. The summed E-state index contributed by atoms with van der Waals surface area (Å²) in [6.07, 6.45) is 11.6. The van der Waals surface area contributed by atoms with E-state index in [9.17, 15) is 0 Å². The van der Waals surface area contributed by atoms with Gasteiger partial charge in [0.2, 0.25) is 0 Å². The molecule has 0 heterocycles. The van der Waals surface area contributed by atoms with Crippen molar-refractivity contribution in [1.29, 1.82) is 0 Å². The van der Waals surface area contributed by atoms with Gasteiger partial charge in [0.15, 0.2) is 0 Å². The van der Waals surface area contributed by atoms with Crippen molar-refractivity contribution < 1.29 is 0 Å². The third-order valence-corrected chi connectivity index (χ3v) is 12.7. The average molecular weight is 727 g/mol. The zero-order valence-electron chi connectivity index (χ0n) is 31.5. The molecule has 1 heteroatoms. The van der Waals surface area contributed by atoms with E-state index in [0.29, 0.717) is 0 Å². The summed E-state index contributed by atoms with van der Waals surface area (Å²) >= 11 is 4.38. The summed E-state index contributed by atoms with van der Waals surface area (Å²) in [5.41, 5.74) is 12.1. The van der Waals surface area contributed by atoms with Gasteiger partial charge in [0.05, 0.1) is 0 Å². The Morgan fingerprint density at radius 3 is 1.53 bits per heavy atom. The van der Waals surface area contributed by atoms with E-state index in [2.05, 4.69) is 164 Å². The maximum atomic E-state index is 4.38. The van der Waals surface area contributed by atoms with Gasteiger partial charge < -0.3 is 0 Å². The van der Waals surface area contributed by atoms with Crippen molar-refractivity contribution in [2.24, 2.45) is 0 Å². The highest BCUT2D eigenvalue weighted by molar-refractivity contribution is 7.80. The zero-order valence-corrected chi connectivity index (χ0v) is 32.3. The molecule has 55 heavy (non-hydrogen) atoms. The molecule has 0 unspecified atom stereocenters. The second kappa shape index (κ2) is 14.7. The maximum Gasteiger partial charge on any atom is -0.00201 e. The smallest absolute Gasteiger partial charge is 0.00201 e. The molecular weight excluding hydrogens is 681 g/mol. The molecule has 1 aliphatic carbocycles. The Bertz CT molecular complexity index is 2810. The number of fused-ring (bicyclic) bond motifs is 7. The first-order valence-corrected chi connectivity index (χ1v) is 21.1. The van der Waals surface area contributed by atoms with Gasteiger partial charge in [0.25, 0.3) is 0 Å². The fraction of sp³-hybridized carbons (Fsp3) is 0.185. The Balaban J connectivity index is 1.11. The fourth-order valence-electron chi connectivity index (χ4n) is 9.81. The first-order chi connectivity index (χ1) is 27.3. The fourth-order valence-corrected chi connectivity index (χ4v) is 10.0. The van der Waals surface area contributed by atoms with Crippen LogP contribution in [0.25, 0.3) is 98.4 Å². The van der Waals surface area contributed by atoms with Crippen LogP contribution in [-0.4, -0.2) is 5.75 Å². The van der Waals surface area contributed by atoms with E-state index in [1.54, 1.807) is 0 Å². The van der Waals surface area contributed by atoms with Crippen molar-refractivity contribution >= 4 is 66.5 Å².